The first-order chi connectivity index (χ1) is 16.4. The SMILES string of the molecule is Cc1cc(N(CCCO)CCCO)ccc1C=C1CS(=O)(=O)c2ccccc2C1=C(C#N)C#N. The number of hydrogen-bond acceptors (Lipinski definition) is 7. The number of aliphatic hydroxyl groups is 2. The van der Waals surface area contributed by atoms with Crippen molar-refractivity contribution in [2.24, 2.45) is 0 Å². The number of sulfone groups is 1. The Bertz CT molecular complexity index is 1290. The van der Waals surface area contributed by atoms with Crippen LogP contribution in [0.15, 0.2) is 58.5 Å². The number of hydrogen-bond donors (Lipinski definition) is 2. The summed E-state index contributed by atoms with van der Waals surface area (Å²) in [5, 5.41) is 37.5. The lowest BCUT2D eigenvalue weighted by Gasteiger charge is -2.25. The molecule has 1 aliphatic rings. The monoisotopic (exact) mass is 477 g/mol. The first-order valence-electron chi connectivity index (χ1n) is 11.0. The summed E-state index contributed by atoms with van der Waals surface area (Å²) in [7, 11) is -3.63. The molecule has 176 valence electrons. The van der Waals surface area contributed by atoms with Crippen LogP contribution >= 0.6 is 0 Å². The average molecular weight is 478 g/mol. The van der Waals surface area contributed by atoms with Crippen molar-refractivity contribution in [3.8, 4) is 12.1 Å². The molecule has 0 spiro atoms. The fourth-order valence-corrected chi connectivity index (χ4v) is 5.70. The van der Waals surface area contributed by atoms with Gasteiger partial charge in [-0.25, -0.2) is 8.42 Å². The molecule has 0 atom stereocenters. The molecule has 0 aromatic heterocycles. The minimum absolute atomic E-state index is 0.0734. The van der Waals surface area contributed by atoms with Gasteiger partial charge in [-0.1, -0.05) is 24.3 Å². The number of benzene rings is 2. The fraction of sp³-hybridized carbons (Fsp3) is 0.308. The predicted octanol–water partition coefficient (Wildman–Crippen LogP) is 3.24. The van der Waals surface area contributed by atoms with Crippen LogP contribution in [0, 0.1) is 29.6 Å². The second-order valence-corrected chi connectivity index (χ2v) is 10.0. The summed E-state index contributed by atoms with van der Waals surface area (Å²) in [4.78, 5) is 2.22. The number of nitrogens with zero attached hydrogens (tertiary/aromatic N) is 3. The maximum absolute atomic E-state index is 13.0. The first-order valence-corrected chi connectivity index (χ1v) is 12.7. The molecule has 8 heteroatoms. The maximum Gasteiger partial charge on any atom is 0.183 e. The van der Waals surface area contributed by atoms with E-state index in [1.807, 2.05) is 37.3 Å². The molecular formula is C26H27N3O4S. The van der Waals surface area contributed by atoms with Crippen molar-refractivity contribution in [2.45, 2.75) is 24.7 Å². The lowest BCUT2D eigenvalue weighted by molar-refractivity contribution is 0.282. The van der Waals surface area contributed by atoms with Crippen molar-refractivity contribution < 1.29 is 18.6 Å². The van der Waals surface area contributed by atoms with Gasteiger partial charge in [0.05, 0.1) is 10.6 Å². The van der Waals surface area contributed by atoms with Gasteiger partial charge in [-0.2, -0.15) is 10.5 Å². The van der Waals surface area contributed by atoms with Gasteiger partial charge in [0.15, 0.2) is 9.84 Å². The Morgan fingerprint density at radius 3 is 2.29 bits per heavy atom. The van der Waals surface area contributed by atoms with Crippen LogP contribution in [0.1, 0.15) is 29.5 Å². The third kappa shape index (κ3) is 5.37. The van der Waals surface area contributed by atoms with Gasteiger partial charge in [0.25, 0.3) is 0 Å². The summed E-state index contributed by atoms with van der Waals surface area (Å²) in [6.07, 6.45) is 2.95. The van der Waals surface area contributed by atoms with E-state index in [-0.39, 0.29) is 29.4 Å². The van der Waals surface area contributed by atoms with Gasteiger partial charge in [0, 0.05) is 43.1 Å². The molecule has 0 saturated heterocycles. The third-order valence-corrected chi connectivity index (χ3v) is 7.47. The normalized spacial score (nSPS) is 15.3. The Kier molecular flexibility index (Phi) is 8.25. The van der Waals surface area contributed by atoms with Crippen molar-refractivity contribution in [1.29, 1.82) is 10.5 Å². The van der Waals surface area contributed by atoms with Gasteiger partial charge in [-0.05, 0) is 60.7 Å². The van der Waals surface area contributed by atoms with Gasteiger partial charge >= 0.3 is 0 Å². The largest absolute Gasteiger partial charge is 0.396 e. The molecular weight excluding hydrogens is 450 g/mol. The van der Waals surface area contributed by atoms with Gasteiger partial charge < -0.3 is 15.1 Å². The Hall–Kier alpha value is -3.43. The van der Waals surface area contributed by atoms with Crippen LogP contribution in [0.5, 0.6) is 0 Å². The van der Waals surface area contributed by atoms with Crippen LogP contribution in [0.25, 0.3) is 11.6 Å². The van der Waals surface area contributed by atoms with Crippen molar-refractivity contribution in [3.05, 3.63) is 70.3 Å². The van der Waals surface area contributed by atoms with E-state index in [4.69, 9.17) is 0 Å². The molecule has 0 bridgehead atoms. The summed E-state index contributed by atoms with van der Waals surface area (Å²) in [6.45, 7) is 3.35. The van der Waals surface area contributed by atoms with Gasteiger partial charge in [0.1, 0.15) is 17.7 Å². The average Bonchev–Trinajstić information content (AvgIpc) is 2.83. The molecule has 0 aliphatic carbocycles. The van der Waals surface area contributed by atoms with E-state index < -0.39 is 9.84 Å². The minimum Gasteiger partial charge on any atom is -0.396 e. The number of fused-ring (bicyclic) bond motifs is 1. The van der Waals surface area contributed by atoms with Crippen LogP contribution < -0.4 is 4.90 Å². The highest BCUT2D eigenvalue weighted by Crippen LogP contribution is 2.39. The topological polar surface area (TPSA) is 125 Å². The van der Waals surface area contributed by atoms with Crippen molar-refractivity contribution >= 4 is 27.2 Å². The summed E-state index contributed by atoms with van der Waals surface area (Å²) >= 11 is 0. The molecule has 0 fully saturated rings. The van der Waals surface area contributed by atoms with Crippen LogP contribution in [-0.2, 0) is 9.84 Å². The van der Waals surface area contributed by atoms with Crippen LogP contribution in [0.3, 0.4) is 0 Å². The molecule has 3 rings (SSSR count). The third-order valence-electron chi connectivity index (χ3n) is 5.75. The summed E-state index contributed by atoms with van der Waals surface area (Å²) < 4.78 is 25.9. The highest BCUT2D eigenvalue weighted by Gasteiger charge is 2.32. The van der Waals surface area contributed by atoms with Gasteiger partial charge in [-0.3, -0.25) is 0 Å². The summed E-state index contributed by atoms with van der Waals surface area (Å²) in [6, 6.07) is 16.1. The Morgan fingerprint density at radius 2 is 1.71 bits per heavy atom. The van der Waals surface area contributed by atoms with Crippen LogP contribution in [-0.4, -0.2) is 50.7 Å². The van der Waals surface area contributed by atoms with Crippen LogP contribution in [0.4, 0.5) is 5.69 Å². The zero-order valence-electron chi connectivity index (χ0n) is 19.0. The lowest BCUT2D eigenvalue weighted by atomic mass is 9.92. The van der Waals surface area contributed by atoms with Crippen molar-refractivity contribution in [1.82, 2.24) is 0 Å². The second-order valence-electron chi connectivity index (χ2n) is 8.08. The Labute approximate surface area is 200 Å². The molecule has 7 nitrogen and oxygen atoms in total. The van der Waals surface area contributed by atoms with E-state index >= 15 is 0 Å². The first kappa shape index (κ1) is 25.2. The molecule has 1 heterocycles. The predicted molar refractivity (Wildman–Crippen MR) is 131 cm³/mol. The van der Waals surface area contributed by atoms with Gasteiger partial charge in [-0.15, -0.1) is 0 Å². The highest BCUT2D eigenvalue weighted by atomic mass is 32.2. The van der Waals surface area contributed by atoms with Gasteiger partial charge in [0.2, 0.25) is 0 Å². The molecule has 0 radical (unpaired) electrons. The molecule has 2 aromatic carbocycles. The molecule has 1 aliphatic heterocycles. The number of allylic oxidation sites excluding steroid dienone is 2. The summed E-state index contributed by atoms with van der Waals surface area (Å²) in [5.41, 5.74) is 3.62. The Morgan fingerprint density at radius 1 is 1.06 bits per heavy atom. The molecule has 0 unspecified atom stereocenters. The number of anilines is 1. The number of aryl methyl sites for hydroxylation is 1. The fourth-order valence-electron chi connectivity index (χ4n) is 4.12. The quantitative estimate of drug-likeness (QED) is 0.559. The lowest BCUT2D eigenvalue weighted by Crippen LogP contribution is -2.27. The maximum atomic E-state index is 13.0. The number of aliphatic hydroxyl groups excluding tert-OH is 2. The number of rotatable bonds is 8. The zero-order valence-corrected chi connectivity index (χ0v) is 19.8. The zero-order chi connectivity index (χ0) is 24.7. The summed E-state index contributed by atoms with van der Waals surface area (Å²) in [5.74, 6) is -0.299. The molecule has 2 aromatic rings. The van der Waals surface area contributed by atoms with E-state index in [9.17, 15) is 29.2 Å². The molecule has 0 amide bonds. The van der Waals surface area contributed by atoms with Crippen molar-refractivity contribution in [2.75, 3.05) is 37.0 Å². The van der Waals surface area contributed by atoms with Crippen LogP contribution in [0.2, 0.25) is 0 Å². The molecule has 2 N–H and O–H groups in total. The van der Waals surface area contributed by atoms with E-state index in [0.717, 1.165) is 16.8 Å². The Balaban J connectivity index is 2.10. The highest BCUT2D eigenvalue weighted by molar-refractivity contribution is 7.91. The van der Waals surface area contributed by atoms with E-state index in [2.05, 4.69) is 4.90 Å². The number of nitriles is 2. The van der Waals surface area contributed by atoms with Crippen molar-refractivity contribution in [3.63, 3.8) is 0 Å². The molecule has 0 saturated carbocycles. The second kappa shape index (κ2) is 11.1. The van der Waals surface area contributed by atoms with E-state index in [0.29, 0.717) is 42.6 Å². The standard InChI is InChI=1S/C26H27N3O4S/c1-19-14-23(29(10-4-12-30)11-5-13-31)9-8-20(19)15-21-18-34(32,33)25-7-3-2-6-24(25)26(21)22(16-27)17-28/h2-3,6-9,14-15,30-31H,4-5,10-13,18H2,1H3. The molecule has 34 heavy (non-hydrogen) atoms. The minimum atomic E-state index is -3.63. The smallest absolute Gasteiger partial charge is 0.183 e. The van der Waals surface area contributed by atoms with E-state index in [1.54, 1.807) is 24.3 Å². The van der Waals surface area contributed by atoms with E-state index in [1.165, 1.54) is 6.07 Å².